The van der Waals surface area contributed by atoms with Gasteiger partial charge in [-0.2, -0.15) is 4.98 Å². The first-order valence-electron chi connectivity index (χ1n) is 11.8. The molecule has 1 saturated heterocycles. The van der Waals surface area contributed by atoms with Gasteiger partial charge in [0, 0.05) is 24.5 Å². The van der Waals surface area contributed by atoms with Crippen molar-refractivity contribution in [3.8, 4) is 0 Å². The third-order valence-electron chi connectivity index (χ3n) is 5.68. The Balaban J connectivity index is 1.24. The van der Waals surface area contributed by atoms with Gasteiger partial charge in [0.25, 0.3) is 0 Å². The molecule has 0 radical (unpaired) electrons. The normalized spacial score (nSPS) is 13.2. The van der Waals surface area contributed by atoms with E-state index in [1.54, 1.807) is 24.5 Å². The standard InChI is InChI=1S/C26H26ClN7O3/c27-21-17-28-25(30-18-7-9-19(10-8-18)34-11-14-36-15-12-34)33-24(21)31-22-5-1-2-6-23(22)32-26(35)29-16-20-4-3-13-37-20/h1-10,13,17H,11-12,14-16H2,(H2,29,32,35)(H2,28,30,31,33). The van der Waals surface area contributed by atoms with Crippen LogP contribution in [0.3, 0.4) is 0 Å². The number of rotatable bonds is 8. The Morgan fingerprint density at radius 1 is 0.973 bits per heavy atom. The summed E-state index contributed by atoms with van der Waals surface area (Å²) in [6.45, 7) is 3.51. The Hall–Kier alpha value is -4.28. The minimum atomic E-state index is -0.373. The zero-order chi connectivity index (χ0) is 25.5. The molecule has 5 rings (SSSR count). The number of aromatic nitrogens is 2. The number of hydrogen-bond acceptors (Lipinski definition) is 8. The number of hydrogen-bond donors (Lipinski definition) is 4. The van der Waals surface area contributed by atoms with E-state index in [0.717, 1.165) is 37.7 Å². The molecule has 0 atom stereocenters. The van der Waals surface area contributed by atoms with Gasteiger partial charge in [0.15, 0.2) is 5.82 Å². The number of morpholine rings is 1. The summed E-state index contributed by atoms with van der Waals surface area (Å²) in [7, 11) is 0. The van der Waals surface area contributed by atoms with E-state index in [1.165, 1.54) is 6.20 Å². The van der Waals surface area contributed by atoms with Gasteiger partial charge in [-0.3, -0.25) is 0 Å². The summed E-state index contributed by atoms with van der Waals surface area (Å²) in [4.78, 5) is 23.5. The molecule has 1 fully saturated rings. The maximum absolute atomic E-state index is 12.4. The van der Waals surface area contributed by atoms with Gasteiger partial charge in [-0.25, -0.2) is 9.78 Å². The van der Waals surface area contributed by atoms with Crippen molar-refractivity contribution in [2.75, 3.05) is 47.2 Å². The summed E-state index contributed by atoms with van der Waals surface area (Å²) in [6.07, 6.45) is 3.08. The molecule has 0 aliphatic carbocycles. The van der Waals surface area contributed by atoms with Crippen LogP contribution in [0.2, 0.25) is 5.02 Å². The van der Waals surface area contributed by atoms with Crippen LogP contribution < -0.4 is 26.2 Å². The molecule has 1 aliphatic heterocycles. The molecule has 0 unspecified atom stereocenters. The molecule has 2 aromatic heterocycles. The van der Waals surface area contributed by atoms with E-state index in [1.807, 2.05) is 30.3 Å². The molecule has 10 nitrogen and oxygen atoms in total. The number of para-hydroxylation sites is 2. The van der Waals surface area contributed by atoms with E-state index in [-0.39, 0.29) is 12.6 Å². The Morgan fingerprint density at radius 3 is 2.51 bits per heavy atom. The number of carbonyl (C=O) groups is 1. The second-order valence-corrected chi connectivity index (χ2v) is 8.63. The molecular formula is C26H26ClN7O3. The zero-order valence-electron chi connectivity index (χ0n) is 19.9. The number of nitrogens with one attached hydrogen (secondary N) is 4. The van der Waals surface area contributed by atoms with Crippen LogP contribution in [0.25, 0.3) is 0 Å². The highest BCUT2D eigenvalue weighted by atomic mass is 35.5. The SMILES string of the molecule is O=C(NCc1ccco1)Nc1ccccc1Nc1nc(Nc2ccc(N3CCOCC3)cc2)ncc1Cl. The average molecular weight is 520 g/mol. The van der Waals surface area contributed by atoms with Crippen molar-refractivity contribution in [2.45, 2.75) is 6.54 Å². The van der Waals surface area contributed by atoms with E-state index in [0.29, 0.717) is 33.9 Å². The van der Waals surface area contributed by atoms with Gasteiger partial charge in [-0.1, -0.05) is 23.7 Å². The third kappa shape index (κ3) is 6.49. The van der Waals surface area contributed by atoms with Crippen molar-refractivity contribution in [3.05, 3.63) is 83.9 Å². The molecule has 190 valence electrons. The number of carbonyl (C=O) groups excluding carboxylic acids is 1. The van der Waals surface area contributed by atoms with Gasteiger partial charge in [-0.15, -0.1) is 0 Å². The lowest BCUT2D eigenvalue weighted by Gasteiger charge is -2.28. The fourth-order valence-corrected chi connectivity index (χ4v) is 3.94. The molecule has 0 spiro atoms. The summed E-state index contributed by atoms with van der Waals surface area (Å²) in [5.74, 6) is 1.44. The van der Waals surface area contributed by atoms with Crippen LogP contribution in [0.5, 0.6) is 0 Å². The molecule has 37 heavy (non-hydrogen) atoms. The number of ether oxygens (including phenoxy) is 1. The summed E-state index contributed by atoms with van der Waals surface area (Å²) in [5.41, 5.74) is 3.17. The van der Waals surface area contributed by atoms with Crippen LogP contribution in [0.4, 0.5) is 39.3 Å². The van der Waals surface area contributed by atoms with Crippen molar-refractivity contribution in [3.63, 3.8) is 0 Å². The Kier molecular flexibility index (Phi) is 7.68. The topological polar surface area (TPSA) is 117 Å². The van der Waals surface area contributed by atoms with Gasteiger partial charge >= 0.3 is 6.03 Å². The third-order valence-corrected chi connectivity index (χ3v) is 5.95. The van der Waals surface area contributed by atoms with E-state index in [4.69, 9.17) is 20.8 Å². The average Bonchev–Trinajstić information content (AvgIpc) is 3.45. The van der Waals surface area contributed by atoms with Crippen LogP contribution in [0.1, 0.15) is 5.76 Å². The summed E-state index contributed by atoms with van der Waals surface area (Å²) < 4.78 is 10.7. The predicted octanol–water partition coefficient (Wildman–Crippen LogP) is 5.37. The number of halogens is 1. The predicted molar refractivity (Wildman–Crippen MR) is 144 cm³/mol. The fourth-order valence-electron chi connectivity index (χ4n) is 3.80. The van der Waals surface area contributed by atoms with E-state index < -0.39 is 0 Å². The second-order valence-electron chi connectivity index (χ2n) is 8.22. The van der Waals surface area contributed by atoms with E-state index in [9.17, 15) is 4.79 Å². The molecule has 11 heteroatoms. The number of furan rings is 1. The first kappa shape index (κ1) is 24.4. The molecule has 1 aliphatic rings. The lowest BCUT2D eigenvalue weighted by atomic mass is 10.2. The highest BCUT2D eigenvalue weighted by Gasteiger charge is 2.13. The van der Waals surface area contributed by atoms with Gasteiger partial charge in [-0.05, 0) is 48.5 Å². The second kappa shape index (κ2) is 11.6. The quantitative estimate of drug-likeness (QED) is 0.245. The monoisotopic (exact) mass is 519 g/mol. The Bertz CT molecular complexity index is 1330. The minimum Gasteiger partial charge on any atom is -0.467 e. The number of benzene rings is 2. The molecule has 2 amide bonds. The smallest absolute Gasteiger partial charge is 0.319 e. The van der Waals surface area contributed by atoms with Crippen molar-refractivity contribution in [1.82, 2.24) is 15.3 Å². The Labute approximate surface area is 219 Å². The molecule has 4 N–H and O–H groups in total. The fraction of sp³-hybridized carbons (Fsp3) is 0.192. The molecule has 0 saturated carbocycles. The summed E-state index contributed by atoms with van der Waals surface area (Å²) >= 11 is 6.38. The number of urea groups is 1. The van der Waals surface area contributed by atoms with Crippen molar-refractivity contribution in [2.24, 2.45) is 0 Å². The number of nitrogens with zero attached hydrogens (tertiary/aromatic N) is 3. The van der Waals surface area contributed by atoms with Crippen LogP contribution >= 0.6 is 11.6 Å². The maximum atomic E-state index is 12.4. The van der Waals surface area contributed by atoms with Crippen LogP contribution in [0.15, 0.2) is 77.5 Å². The van der Waals surface area contributed by atoms with Gasteiger partial charge in [0.05, 0.1) is 43.6 Å². The van der Waals surface area contributed by atoms with E-state index in [2.05, 4.69) is 48.3 Å². The number of anilines is 6. The highest BCUT2D eigenvalue weighted by Crippen LogP contribution is 2.29. The lowest BCUT2D eigenvalue weighted by Crippen LogP contribution is -2.36. The first-order valence-corrected chi connectivity index (χ1v) is 12.2. The van der Waals surface area contributed by atoms with Crippen molar-refractivity contribution in [1.29, 1.82) is 0 Å². The van der Waals surface area contributed by atoms with Crippen LogP contribution in [-0.2, 0) is 11.3 Å². The molecule has 0 bridgehead atoms. The zero-order valence-corrected chi connectivity index (χ0v) is 20.7. The van der Waals surface area contributed by atoms with Crippen molar-refractivity contribution >= 4 is 52.1 Å². The highest BCUT2D eigenvalue weighted by molar-refractivity contribution is 6.33. The largest absolute Gasteiger partial charge is 0.467 e. The maximum Gasteiger partial charge on any atom is 0.319 e. The van der Waals surface area contributed by atoms with Crippen LogP contribution in [0, 0.1) is 0 Å². The van der Waals surface area contributed by atoms with Crippen molar-refractivity contribution < 1.29 is 13.9 Å². The minimum absolute atomic E-state index is 0.272. The Morgan fingerprint density at radius 2 is 1.76 bits per heavy atom. The van der Waals surface area contributed by atoms with E-state index >= 15 is 0 Å². The first-order chi connectivity index (χ1) is 18.1. The molecule has 4 aromatic rings. The van der Waals surface area contributed by atoms with Gasteiger partial charge in [0.2, 0.25) is 5.95 Å². The van der Waals surface area contributed by atoms with Gasteiger partial charge < -0.3 is 35.3 Å². The molecule has 3 heterocycles. The summed E-state index contributed by atoms with van der Waals surface area (Å²) in [6, 6.07) is 18.5. The number of amides is 2. The molecular weight excluding hydrogens is 494 g/mol. The van der Waals surface area contributed by atoms with Gasteiger partial charge in [0.1, 0.15) is 10.8 Å². The van der Waals surface area contributed by atoms with Crippen LogP contribution in [-0.4, -0.2) is 42.3 Å². The lowest BCUT2D eigenvalue weighted by molar-refractivity contribution is 0.122. The molecule has 2 aromatic carbocycles. The summed E-state index contributed by atoms with van der Waals surface area (Å²) in [5, 5.41) is 12.3.